The number of aliphatic imine (C=N–C) groups is 1. The molecule has 2 rings (SSSR count). The summed E-state index contributed by atoms with van der Waals surface area (Å²) in [7, 11) is 3.21. The molecule has 0 aliphatic heterocycles. The number of methoxy groups -OCH3 is 2. The van der Waals surface area contributed by atoms with Crippen molar-refractivity contribution in [1.29, 1.82) is 0 Å². The molecule has 0 aliphatic carbocycles. The molecule has 0 saturated carbocycles. The van der Waals surface area contributed by atoms with Gasteiger partial charge in [0.25, 0.3) is 0 Å². The minimum atomic E-state index is -0.306. The molecule has 0 spiro atoms. The fourth-order valence-corrected chi connectivity index (χ4v) is 2.82. The van der Waals surface area contributed by atoms with E-state index < -0.39 is 0 Å². The summed E-state index contributed by atoms with van der Waals surface area (Å²) in [6.07, 6.45) is 0.752. The van der Waals surface area contributed by atoms with E-state index in [1.54, 1.807) is 14.2 Å². The largest absolute Gasteiger partial charge is 0.493 e. The minimum absolute atomic E-state index is 0.306. The first-order chi connectivity index (χ1) is 12.0. The lowest BCUT2D eigenvalue weighted by Gasteiger charge is -2.10. The summed E-state index contributed by atoms with van der Waals surface area (Å²) in [5, 5.41) is 3.05. The third-order valence-corrected chi connectivity index (χ3v) is 3.98. The molecule has 0 bridgehead atoms. The molecule has 0 amide bonds. The van der Waals surface area contributed by atoms with Crippen LogP contribution in [-0.2, 0) is 13.0 Å². The van der Waals surface area contributed by atoms with Gasteiger partial charge in [-0.3, -0.25) is 0 Å². The van der Waals surface area contributed by atoms with Crippen molar-refractivity contribution >= 4 is 21.9 Å². The van der Waals surface area contributed by atoms with Crippen LogP contribution in [0.2, 0.25) is 0 Å². The molecule has 134 valence electrons. The van der Waals surface area contributed by atoms with E-state index in [0.717, 1.165) is 17.5 Å². The van der Waals surface area contributed by atoms with Crippen LogP contribution in [0.4, 0.5) is 4.39 Å². The molecule has 0 radical (unpaired) electrons. The first-order valence-electron chi connectivity index (χ1n) is 7.71. The van der Waals surface area contributed by atoms with E-state index in [2.05, 4.69) is 26.2 Å². The number of nitrogens with zero attached hydrogens (tertiary/aromatic N) is 1. The SMILES string of the molecule is COc1ccc(CCNC(N)=NCc2cc(F)cc(Br)c2)cc1OC. The molecule has 5 nitrogen and oxygen atoms in total. The van der Waals surface area contributed by atoms with Gasteiger partial charge in [-0.2, -0.15) is 0 Å². The third-order valence-electron chi connectivity index (χ3n) is 3.52. The zero-order valence-electron chi connectivity index (χ0n) is 14.2. The Morgan fingerprint density at radius 3 is 2.56 bits per heavy atom. The minimum Gasteiger partial charge on any atom is -0.493 e. The fourth-order valence-electron chi connectivity index (χ4n) is 2.31. The number of ether oxygens (including phenoxy) is 2. The molecule has 0 aliphatic rings. The number of nitrogens with one attached hydrogen (secondary N) is 1. The average molecular weight is 410 g/mol. The highest BCUT2D eigenvalue weighted by molar-refractivity contribution is 9.10. The number of hydrogen-bond donors (Lipinski definition) is 2. The maximum absolute atomic E-state index is 13.3. The standard InChI is InChI=1S/C18H21BrFN3O2/c1-24-16-4-3-12(9-17(16)25-2)5-6-22-18(21)23-11-13-7-14(19)10-15(20)8-13/h3-4,7-10H,5-6,11H2,1-2H3,(H3,21,22,23). The number of halogens is 2. The van der Waals surface area contributed by atoms with E-state index in [1.807, 2.05) is 24.3 Å². The van der Waals surface area contributed by atoms with Gasteiger partial charge in [-0.05, 0) is 47.9 Å². The highest BCUT2D eigenvalue weighted by Gasteiger charge is 2.04. The summed E-state index contributed by atoms with van der Waals surface area (Å²) in [6, 6.07) is 10.4. The summed E-state index contributed by atoms with van der Waals surface area (Å²) in [6.45, 7) is 0.934. The molecular formula is C18H21BrFN3O2. The van der Waals surface area contributed by atoms with Crippen molar-refractivity contribution in [1.82, 2.24) is 5.32 Å². The quantitative estimate of drug-likeness (QED) is 0.543. The number of hydrogen-bond acceptors (Lipinski definition) is 3. The van der Waals surface area contributed by atoms with Crippen molar-refractivity contribution in [3.8, 4) is 11.5 Å². The van der Waals surface area contributed by atoms with E-state index in [-0.39, 0.29) is 5.82 Å². The molecule has 3 N–H and O–H groups in total. The monoisotopic (exact) mass is 409 g/mol. The zero-order valence-corrected chi connectivity index (χ0v) is 15.8. The summed E-state index contributed by atoms with van der Waals surface area (Å²) >= 11 is 3.26. The fraction of sp³-hybridized carbons (Fsp3) is 0.278. The predicted molar refractivity (Wildman–Crippen MR) is 101 cm³/mol. The molecule has 0 aromatic heterocycles. The molecule has 2 aromatic rings. The summed E-state index contributed by atoms with van der Waals surface area (Å²) < 4.78 is 24.5. The molecule has 25 heavy (non-hydrogen) atoms. The normalized spacial score (nSPS) is 11.3. The van der Waals surface area contributed by atoms with Crippen molar-refractivity contribution in [2.75, 3.05) is 20.8 Å². The lowest BCUT2D eigenvalue weighted by molar-refractivity contribution is 0.354. The first kappa shape index (κ1) is 19.1. The highest BCUT2D eigenvalue weighted by Crippen LogP contribution is 2.27. The Kier molecular flexibility index (Phi) is 7.06. The Labute approximate surface area is 155 Å². The summed E-state index contributed by atoms with van der Waals surface area (Å²) in [5.41, 5.74) is 7.69. The molecule has 0 fully saturated rings. The van der Waals surface area contributed by atoms with Gasteiger partial charge in [0.15, 0.2) is 17.5 Å². The lowest BCUT2D eigenvalue weighted by atomic mass is 10.1. The number of guanidine groups is 1. The molecule has 0 saturated heterocycles. The van der Waals surface area contributed by atoms with Crippen LogP contribution in [0.1, 0.15) is 11.1 Å². The molecule has 7 heteroatoms. The van der Waals surface area contributed by atoms with Gasteiger partial charge in [-0.1, -0.05) is 22.0 Å². The van der Waals surface area contributed by atoms with Crippen molar-refractivity contribution in [2.24, 2.45) is 10.7 Å². The Bertz CT molecular complexity index is 733. The molecule has 0 atom stereocenters. The maximum atomic E-state index is 13.3. The van der Waals surface area contributed by atoms with Crippen molar-refractivity contribution in [3.05, 3.63) is 57.8 Å². The second kappa shape index (κ2) is 9.27. The van der Waals surface area contributed by atoms with Crippen LogP contribution in [0, 0.1) is 5.82 Å². The van der Waals surface area contributed by atoms with Crippen LogP contribution in [0.5, 0.6) is 11.5 Å². The van der Waals surface area contributed by atoms with E-state index in [4.69, 9.17) is 15.2 Å². The van der Waals surface area contributed by atoms with Crippen LogP contribution in [0.25, 0.3) is 0 Å². The second-order valence-corrected chi connectivity index (χ2v) is 6.26. The van der Waals surface area contributed by atoms with Gasteiger partial charge in [-0.25, -0.2) is 9.38 Å². The molecule has 0 heterocycles. The van der Waals surface area contributed by atoms with E-state index in [9.17, 15) is 4.39 Å². The van der Waals surface area contributed by atoms with E-state index in [0.29, 0.717) is 35.0 Å². The number of rotatable bonds is 7. The molecule has 2 aromatic carbocycles. The third kappa shape index (κ3) is 5.94. The highest BCUT2D eigenvalue weighted by atomic mass is 79.9. The number of benzene rings is 2. The van der Waals surface area contributed by atoms with Gasteiger partial charge in [0.05, 0.1) is 20.8 Å². The first-order valence-corrected chi connectivity index (χ1v) is 8.50. The topological polar surface area (TPSA) is 68.9 Å². The summed E-state index contributed by atoms with van der Waals surface area (Å²) in [4.78, 5) is 4.22. The molecular weight excluding hydrogens is 389 g/mol. The summed E-state index contributed by atoms with van der Waals surface area (Å²) in [5.74, 6) is 1.40. The number of nitrogens with two attached hydrogens (primary N) is 1. The lowest BCUT2D eigenvalue weighted by Crippen LogP contribution is -2.33. The van der Waals surface area contributed by atoms with Crippen LogP contribution < -0.4 is 20.5 Å². The van der Waals surface area contributed by atoms with Crippen LogP contribution >= 0.6 is 15.9 Å². The van der Waals surface area contributed by atoms with Gasteiger partial charge < -0.3 is 20.5 Å². The van der Waals surface area contributed by atoms with Gasteiger partial charge in [-0.15, -0.1) is 0 Å². The smallest absolute Gasteiger partial charge is 0.188 e. The Hall–Kier alpha value is -2.28. The van der Waals surface area contributed by atoms with Crippen molar-refractivity contribution in [2.45, 2.75) is 13.0 Å². The maximum Gasteiger partial charge on any atom is 0.188 e. The predicted octanol–water partition coefficient (Wildman–Crippen LogP) is 3.25. The zero-order chi connectivity index (χ0) is 18.2. The van der Waals surface area contributed by atoms with E-state index in [1.165, 1.54) is 12.1 Å². The van der Waals surface area contributed by atoms with Gasteiger partial charge in [0, 0.05) is 11.0 Å². The Morgan fingerprint density at radius 2 is 1.88 bits per heavy atom. The van der Waals surface area contributed by atoms with Crippen molar-refractivity contribution in [3.63, 3.8) is 0 Å². The molecule has 0 unspecified atom stereocenters. The second-order valence-electron chi connectivity index (χ2n) is 5.35. The van der Waals surface area contributed by atoms with Gasteiger partial charge >= 0.3 is 0 Å². The van der Waals surface area contributed by atoms with Gasteiger partial charge in [0.2, 0.25) is 0 Å². The van der Waals surface area contributed by atoms with Crippen LogP contribution in [0.15, 0.2) is 45.9 Å². The Balaban J connectivity index is 1.86. The van der Waals surface area contributed by atoms with E-state index >= 15 is 0 Å². The Morgan fingerprint density at radius 1 is 1.12 bits per heavy atom. The van der Waals surface area contributed by atoms with Crippen molar-refractivity contribution < 1.29 is 13.9 Å². The van der Waals surface area contributed by atoms with Gasteiger partial charge in [0.1, 0.15) is 5.82 Å². The van der Waals surface area contributed by atoms with Crippen LogP contribution in [0.3, 0.4) is 0 Å². The average Bonchev–Trinajstić information content (AvgIpc) is 2.59. The van der Waals surface area contributed by atoms with Crippen LogP contribution in [-0.4, -0.2) is 26.7 Å².